The molecule has 0 heteroatoms. The molecule has 0 nitrogen and oxygen atoms in total. The first-order chi connectivity index (χ1) is 8.15. The van der Waals surface area contributed by atoms with Gasteiger partial charge in [0.1, 0.15) is 0 Å². The molecule has 0 aliphatic carbocycles. The van der Waals surface area contributed by atoms with Crippen LogP contribution in [0.15, 0.2) is 0 Å². The Bertz CT molecular complexity index is 146. The Hall–Kier alpha value is 0. The molecule has 0 heterocycles. The standard InChI is InChI=1S/C17H36/c1-6-9-12-15(4)13-10-11-14-16(5)17(7-2)8-3/h15-17H,6-14H2,1-5H3. The summed E-state index contributed by atoms with van der Waals surface area (Å²) in [6, 6.07) is 0. The molecule has 0 aliphatic rings. The summed E-state index contributed by atoms with van der Waals surface area (Å²) in [6.07, 6.45) is 12.8. The SMILES string of the molecule is CCCCC(C)CCCCC(C)C(CC)CC. The van der Waals surface area contributed by atoms with Gasteiger partial charge in [-0.3, -0.25) is 0 Å². The van der Waals surface area contributed by atoms with Gasteiger partial charge < -0.3 is 0 Å². The van der Waals surface area contributed by atoms with Crippen molar-refractivity contribution in [3.63, 3.8) is 0 Å². The van der Waals surface area contributed by atoms with Crippen LogP contribution in [0.1, 0.15) is 92.4 Å². The van der Waals surface area contributed by atoms with Gasteiger partial charge in [-0.2, -0.15) is 0 Å². The normalized spacial score (nSPS) is 15.2. The van der Waals surface area contributed by atoms with Gasteiger partial charge in [-0.15, -0.1) is 0 Å². The largest absolute Gasteiger partial charge is 0.0654 e. The lowest BCUT2D eigenvalue weighted by Crippen LogP contribution is -2.09. The van der Waals surface area contributed by atoms with Crippen molar-refractivity contribution in [2.75, 3.05) is 0 Å². The molecule has 0 aromatic heterocycles. The molecular formula is C17H36. The lowest BCUT2D eigenvalue weighted by atomic mass is 9.85. The van der Waals surface area contributed by atoms with E-state index < -0.39 is 0 Å². The molecule has 0 saturated carbocycles. The van der Waals surface area contributed by atoms with E-state index in [1.54, 1.807) is 0 Å². The molecule has 0 spiro atoms. The van der Waals surface area contributed by atoms with Crippen molar-refractivity contribution in [2.24, 2.45) is 17.8 Å². The van der Waals surface area contributed by atoms with Crippen molar-refractivity contribution < 1.29 is 0 Å². The molecule has 0 saturated heterocycles. The van der Waals surface area contributed by atoms with Crippen LogP contribution < -0.4 is 0 Å². The first kappa shape index (κ1) is 17.0. The van der Waals surface area contributed by atoms with Crippen LogP contribution in [-0.2, 0) is 0 Å². The van der Waals surface area contributed by atoms with Crippen molar-refractivity contribution in [1.29, 1.82) is 0 Å². The van der Waals surface area contributed by atoms with Gasteiger partial charge >= 0.3 is 0 Å². The maximum absolute atomic E-state index is 2.46. The van der Waals surface area contributed by atoms with Gasteiger partial charge in [0.05, 0.1) is 0 Å². The summed E-state index contributed by atoms with van der Waals surface area (Å²) in [7, 11) is 0. The number of rotatable bonds is 11. The molecular weight excluding hydrogens is 204 g/mol. The second kappa shape index (κ2) is 11.1. The van der Waals surface area contributed by atoms with Crippen molar-refractivity contribution in [1.82, 2.24) is 0 Å². The third-order valence-electron chi connectivity index (χ3n) is 4.51. The fourth-order valence-corrected chi connectivity index (χ4v) is 2.99. The van der Waals surface area contributed by atoms with E-state index in [9.17, 15) is 0 Å². The predicted octanol–water partition coefficient (Wildman–Crippen LogP) is 6.45. The van der Waals surface area contributed by atoms with Gasteiger partial charge in [0.15, 0.2) is 0 Å². The van der Waals surface area contributed by atoms with Gasteiger partial charge in [0.2, 0.25) is 0 Å². The average Bonchev–Trinajstić information content (AvgIpc) is 2.33. The monoisotopic (exact) mass is 240 g/mol. The van der Waals surface area contributed by atoms with E-state index in [1.807, 2.05) is 0 Å². The Morgan fingerprint density at radius 2 is 1.24 bits per heavy atom. The fourth-order valence-electron chi connectivity index (χ4n) is 2.99. The summed E-state index contributed by atoms with van der Waals surface area (Å²) in [5.74, 6) is 2.86. The molecule has 2 unspecified atom stereocenters. The van der Waals surface area contributed by atoms with Gasteiger partial charge in [-0.25, -0.2) is 0 Å². The van der Waals surface area contributed by atoms with Gasteiger partial charge in [-0.05, 0) is 17.8 Å². The van der Waals surface area contributed by atoms with E-state index in [2.05, 4.69) is 34.6 Å². The molecule has 0 aliphatic heterocycles. The van der Waals surface area contributed by atoms with Crippen LogP contribution in [0.2, 0.25) is 0 Å². The highest BCUT2D eigenvalue weighted by Crippen LogP contribution is 2.25. The zero-order valence-electron chi connectivity index (χ0n) is 13.1. The van der Waals surface area contributed by atoms with E-state index in [-0.39, 0.29) is 0 Å². The summed E-state index contributed by atoms with van der Waals surface area (Å²) in [4.78, 5) is 0. The lowest BCUT2D eigenvalue weighted by Gasteiger charge is -2.21. The van der Waals surface area contributed by atoms with E-state index in [1.165, 1.54) is 57.8 Å². The van der Waals surface area contributed by atoms with Crippen molar-refractivity contribution >= 4 is 0 Å². The average molecular weight is 240 g/mol. The number of unbranched alkanes of at least 4 members (excludes halogenated alkanes) is 2. The molecule has 0 radical (unpaired) electrons. The summed E-state index contributed by atoms with van der Waals surface area (Å²) >= 11 is 0. The number of hydrogen-bond donors (Lipinski definition) is 0. The highest BCUT2D eigenvalue weighted by Gasteiger charge is 2.12. The van der Waals surface area contributed by atoms with Crippen molar-refractivity contribution in [3.8, 4) is 0 Å². The molecule has 0 aromatic rings. The molecule has 0 aromatic carbocycles. The zero-order chi connectivity index (χ0) is 13.1. The second-order valence-electron chi connectivity index (χ2n) is 6.09. The summed E-state index contributed by atoms with van der Waals surface area (Å²) in [5.41, 5.74) is 0. The highest BCUT2D eigenvalue weighted by molar-refractivity contribution is 4.64. The van der Waals surface area contributed by atoms with E-state index in [0.717, 1.165) is 17.8 Å². The minimum atomic E-state index is 0.941. The first-order valence-corrected chi connectivity index (χ1v) is 8.15. The Balaban J connectivity index is 3.49. The Labute approximate surface area is 111 Å². The minimum absolute atomic E-state index is 0.941. The van der Waals surface area contributed by atoms with Crippen molar-refractivity contribution in [3.05, 3.63) is 0 Å². The Morgan fingerprint density at radius 1 is 0.706 bits per heavy atom. The maximum atomic E-state index is 2.46. The first-order valence-electron chi connectivity index (χ1n) is 8.15. The topological polar surface area (TPSA) is 0 Å². The molecule has 0 N–H and O–H groups in total. The van der Waals surface area contributed by atoms with E-state index in [4.69, 9.17) is 0 Å². The van der Waals surface area contributed by atoms with E-state index >= 15 is 0 Å². The fraction of sp³-hybridized carbons (Fsp3) is 1.00. The molecule has 0 bridgehead atoms. The quantitative estimate of drug-likeness (QED) is 0.364. The third kappa shape index (κ3) is 8.69. The molecule has 0 rings (SSSR count). The Kier molecular flexibility index (Phi) is 11.1. The van der Waals surface area contributed by atoms with Crippen LogP contribution in [0, 0.1) is 17.8 Å². The van der Waals surface area contributed by atoms with Crippen LogP contribution in [0.25, 0.3) is 0 Å². The minimum Gasteiger partial charge on any atom is -0.0654 e. The van der Waals surface area contributed by atoms with Gasteiger partial charge in [0, 0.05) is 0 Å². The molecule has 17 heavy (non-hydrogen) atoms. The van der Waals surface area contributed by atoms with Crippen LogP contribution in [0.5, 0.6) is 0 Å². The van der Waals surface area contributed by atoms with Crippen molar-refractivity contribution in [2.45, 2.75) is 92.4 Å². The maximum Gasteiger partial charge on any atom is -0.0394 e. The zero-order valence-corrected chi connectivity index (χ0v) is 13.1. The smallest absolute Gasteiger partial charge is 0.0394 e. The summed E-state index contributed by atoms with van der Waals surface area (Å²) < 4.78 is 0. The van der Waals surface area contributed by atoms with Crippen LogP contribution >= 0.6 is 0 Å². The van der Waals surface area contributed by atoms with Crippen LogP contribution in [-0.4, -0.2) is 0 Å². The third-order valence-corrected chi connectivity index (χ3v) is 4.51. The predicted molar refractivity (Wildman–Crippen MR) is 80.4 cm³/mol. The van der Waals surface area contributed by atoms with Crippen LogP contribution in [0.4, 0.5) is 0 Å². The molecule has 0 amide bonds. The van der Waals surface area contributed by atoms with Gasteiger partial charge in [0.25, 0.3) is 0 Å². The summed E-state index contributed by atoms with van der Waals surface area (Å²) in [5, 5.41) is 0. The Morgan fingerprint density at radius 3 is 1.76 bits per heavy atom. The van der Waals surface area contributed by atoms with Gasteiger partial charge in [-0.1, -0.05) is 92.4 Å². The number of hydrogen-bond acceptors (Lipinski definition) is 0. The molecule has 0 fully saturated rings. The second-order valence-corrected chi connectivity index (χ2v) is 6.09. The lowest BCUT2D eigenvalue weighted by molar-refractivity contribution is 0.305. The molecule has 104 valence electrons. The molecule has 2 atom stereocenters. The summed E-state index contributed by atoms with van der Waals surface area (Å²) in [6.45, 7) is 11.9. The van der Waals surface area contributed by atoms with Crippen LogP contribution in [0.3, 0.4) is 0 Å². The highest BCUT2D eigenvalue weighted by atomic mass is 14.2. The van der Waals surface area contributed by atoms with E-state index in [0.29, 0.717) is 0 Å².